The highest BCUT2D eigenvalue weighted by molar-refractivity contribution is 5.67. The molecular formula is C34H36F4O2. The van der Waals surface area contributed by atoms with E-state index in [4.69, 9.17) is 9.47 Å². The first-order valence-electron chi connectivity index (χ1n) is 14.0. The number of hydrogen-bond acceptors (Lipinski definition) is 2. The second kappa shape index (κ2) is 14.2. The summed E-state index contributed by atoms with van der Waals surface area (Å²) in [6.07, 6.45) is 10.5. The first-order valence-corrected chi connectivity index (χ1v) is 14.0. The third-order valence-corrected chi connectivity index (χ3v) is 7.46. The van der Waals surface area contributed by atoms with E-state index >= 15 is 0 Å². The van der Waals surface area contributed by atoms with E-state index in [0.29, 0.717) is 42.7 Å². The van der Waals surface area contributed by atoms with E-state index in [2.05, 4.69) is 13.5 Å². The minimum Gasteiger partial charge on any atom is -0.494 e. The Morgan fingerprint density at radius 1 is 0.800 bits per heavy atom. The van der Waals surface area contributed by atoms with Crippen molar-refractivity contribution in [3.8, 4) is 22.6 Å². The van der Waals surface area contributed by atoms with Crippen molar-refractivity contribution in [2.24, 2.45) is 5.92 Å². The molecule has 0 heterocycles. The Morgan fingerprint density at radius 2 is 1.55 bits per heavy atom. The number of halogens is 4. The lowest BCUT2D eigenvalue weighted by Crippen LogP contribution is -2.14. The molecule has 0 amide bonds. The topological polar surface area (TPSA) is 18.5 Å². The van der Waals surface area contributed by atoms with Crippen LogP contribution in [0, 0.1) is 29.2 Å². The Kier molecular flexibility index (Phi) is 10.5. The van der Waals surface area contributed by atoms with Crippen LogP contribution in [-0.2, 0) is 0 Å². The van der Waals surface area contributed by atoms with Gasteiger partial charge in [-0.2, -0.15) is 4.39 Å². The summed E-state index contributed by atoms with van der Waals surface area (Å²) >= 11 is 0. The van der Waals surface area contributed by atoms with E-state index in [9.17, 15) is 17.6 Å². The van der Waals surface area contributed by atoms with Crippen LogP contribution < -0.4 is 9.47 Å². The highest BCUT2D eigenvalue weighted by Crippen LogP contribution is 2.39. The predicted octanol–water partition coefficient (Wildman–Crippen LogP) is 10.0. The molecule has 0 N–H and O–H groups in total. The summed E-state index contributed by atoms with van der Waals surface area (Å²) in [5, 5.41) is 0. The molecule has 6 heteroatoms. The smallest absolute Gasteiger partial charge is 0.200 e. The van der Waals surface area contributed by atoms with Crippen molar-refractivity contribution < 1.29 is 27.0 Å². The Bertz CT molecular complexity index is 1310. The molecule has 1 saturated carbocycles. The minimum absolute atomic E-state index is 0.0894. The van der Waals surface area contributed by atoms with Gasteiger partial charge < -0.3 is 9.47 Å². The maximum Gasteiger partial charge on any atom is 0.200 e. The van der Waals surface area contributed by atoms with E-state index in [-0.39, 0.29) is 35.3 Å². The van der Waals surface area contributed by atoms with Gasteiger partial charge >= 0.3 is 0 Å². The van der Waals surface area contributed by atoms with Crippen molar-refractivity contribution in [2.75, 3.05) is 13.2 Å². The zero-order chi connectivity index (χ0) is 28.5. The van der Waals surface area contributed by atoms with E-state index in [0.717, 1.165) is 25.7 Å². The van der Waals surface area contributed by atoms with Crippen LogP contribution in [-0.4, -0.2) is 13.2 Å². The highest BCUT2D eigenvalue weighted by atomic mass is 19.2. The monoisotopic (exact) mass is 552 g/mol. The van der Waals surface area contributed by atoms with Gasteiger partial charge in [0.1, 0.15) is 5.75 Å². The van der Waals surface area contributed by atoms with Crippen LogP contribution in [0.1, 0.15) is 68.9 Å². The second-order valence-corrected chi connectivity index (χ2v) is 10.2. The van der Waals surface area contributed by atoms with E-state index in [1.165, 1.54) is 6.07 Å². The number of ether oxygens (including phenoxy) is 2. The Balaban J connectivity index is 1.36. The molecule has 0 aromatic heterocycles. The van der Waals surface area contributed by atoms with Gasteiger partial charge in [0, 0.05) is 11.1 Å². The molecule has 1 aliphatic rings. The molecule has 40 heavy (non-hydrogen) atoms. The number of rotatable bonds is 12. The highest BCUT2D eigenvalue weighted by Gasteiger charge is 2.26. The summed E-state index contributed by atoms with van der Waals surface area (Å²) in [4.78, 5) is 0. The molecule has 1 aliphatic carbocycles. The second-order valence-electron chi connectivity index (χ2n) is 10.2. The van der Waals surface area contributed by atoms with Gasteiger partial charge in [0.2, 0.25) is 5.82 Å². The average molecular weight is 553 g/mol. The summed E-state index contributed by atoms with van der Waals surface area (Å²) in [6.45, 7) is 6.54. The number of benzene rings is 3. The largest absolute Gasteiger partial charge is 0.494 e. The Hall–Kier alpha value is -3.54. The number of unbranched alkanes of at least 4 members (excludes halogenated alkanes) is 1. The van der Waals surface area contributed by atoms with Gasteiger partial charge in [-0.15, -0.1) is 6.58 Å². The SMILES string of the molecule is C=CCCOc1ccc(C2CCC(/C=C/c3ccc(-c4ccc(OCCCC)cc4)c(F)c3F)CC2)c(F)c1F. The number of hydrogen-bond donors (Lipinski definition) is 0. The van der Waals surface area contributed by atoms with Crippen LogP contribution in [0.4, 0.5) is 17.6 Å². The fraction of sp³-hybridized carbons (Fsp3) is 0.353. The van der Waals surface area contributed by atoms with Crippen molar-refractivity contribution >= 4 is 6.08 Å². The lowest BCUT2D eigenvalue weighted by Gasteiger charge is -2.27. The summed E-state index contributed by atoms with van der Waals surface area (Å²) in [6, 6.07) is 13.2. The molecule has 0 unspecified atom stereocenters. The molecule has 3 aromatic carbocycles. The average Bonchev–Trinajstić information content (AvgIpc) is 2.97. The standard InChI is InChI=1S/C34H36F4O2/c1-3-5-21-39-27-16-13-25(14-17-27)28-18-15-26(31(35)32(28)36)12-9-23-7-10-24(11-8-23)29-19-20-30(34(38)33(29)37)40-22-6-4-2/h4,9,12-20,23-24H,2-3,5-8,10-11,21-22H2,1H3/b12-9+. The fourth-order valence-electron chi connectivity index (χ4n) is 5.07. The summed E-state index contributed by atoms with van der Waals surface area (Å²) in [5.41, 5.74) is 1.32. The first-order chi connectivity index (χ1) is 19.4. The maximum atomic E-state index is 15.0. The molecule has 4 rings (SSSR count). The van der Waals surface area contributed by atoms with Crippen LogP contribution in [0.2, 0.25) is 0 Å². The third-order valence-electron chi connectivity index (χ3n) is 7.46. The molecule has 0 aliphatic heterocycles. The maximum absolute atomic E-state index is 15.0. The van der Waals surface area contributed by atoms with Crippen LogP contribution in [0.15, 0.2) is 67.3 Å². The lowest BCUT2D eigenvalue weighted by atomic mass is 9.78. The van der Waals surface area contributed by atoms with Crippen molar-refractivity contribution in [1.82, 2.24) is 0 Å². The van der Waals surface area contributed by atoms with Gasteiger partial charge in [0.25, 0.3) is 0 Å². The summed E-state index contributed by atoms with van der Waals surface area (Å²) in [7, 11) is 0. The molecule has 3 aromatic rings. The van der Waals surface area contributed by atoms with Crippen LogP contribution in [0.5, 0.6) is 11.5 Å². The molecule has 0 radical (unpaired) electrons. The first kappa shape index (κ1) is 29.4. The van der Waals surface area contributed by atoms with Crippen LogP contribution >= 0.6 is 0 Å². The fourth-order valence-corrected chi connectivity index (χ4v) is 5.07. The van der Waals surface area contributed by atoms with Gasteiger partial charge in [-0.1, -0.05) is 61.9 Å². The predicted molar refractivity (Wildman–Crippen MR) is 153 cm³/mol. The molecule has 0 spiro atoms. The van der Waals surface area contributed by atoms with E-state index in [1.54, 1.807) is 54.6 Å². The van der Waals surface area contributed by atoms with Gasteiger partial charge in [0.15, 0.2) is 23.2 Å². The molecule has 1 fully saturated rings. The van der Waals surface area contributed by atoms with Gasteiger partial charge in [0.05, 0.1) is 13.2 Å². The van der Waals surface area contributed by atoms with Crippen molar-refractivity contribution in [2.45, 2.75) is 57.8 Å². The molecule has 2 nitrogen and oxygen atoms in total. The summed E-state index contributed by atoms with van der Waals surface area (Å²) in [5.74, 6) is -2.93. The van der Waals surface area contributed by atoms with Crippen molar-refractivity contribution in [3.05, 3.63) is 102 Å². The van der Waals surface area contributed by atoms with E-state index in [1.807, 2.05) is 6.08 Å². The quantitative estimate of drug-likeness (QED) is 0.126. The van der Waals surface area contributed by atoms with Crippen LogP contribution in [0.3, 0.4) is 0 Å². The van der Waals surface area contributed by atoms with Gasteiger partial charge in [-0.25, -0.2) is 13.2 Å². The minimum atomic E-state index is -0.958. The molecular weight excluding hydrogens is 516 g/mol. The molecule has 0 atom stereocenters. The molecule has 212 valence electrons. The normalized spacial score (nSPS) is 17.2. The van der Waals surface area contributed by atoms with E-state index < -0.39 is 23.3 Å². The Morgan fingerprint density at radius 3 is 2.25 bits per heavy atom. The van der Waals surface area contributed by atoms with Crippen LogP contribution in [0.25, 0.3) is 17.2 Å². The van der Waals surface area contributed by atoms with Crippen molar-refractivity contribution in [1.29, 1.82) is 0 Å². The van der Waals surface area contributed by atoms with Gasteiger partial charge in [-0.3, -0.25) is 0 Å². The van der Waals surface area contributed by atoms with Gasteiger partial charge in [-0.05, 0) is 79.7 Å². The zero-order valence-corrected chi connectivity index (χ0v) is 22.9. The Labute approximate surface area is 234 Å². The molecule has 0 saturated heterocycles. The zero-order valence-electron chi connectivity index (χ0n) is 22.9. The lowest BCUT2D eigenvalue weighted by molar-refractivity contribution is 0.298. The number of allylic oxidation sites excluding steroid dienone is 1. The van der Waals surface area contributed by atoms with Crippen molar-refractivity contribution in [3.63, 3.8) is 0 Å². The third kappa shape index (κ3) is 7.15. The molecule has 0 bridgehead atoms. The summed E-state index contributed by atoms with van der Waals surface area (Å²) < 4.78 is 70.1.